The van der Waals surface area contributed by atoms with Gasteiger partial charge >= 0.3 is 6.18 Å². The number of aliphatic hydroxyl groups is 1. The van der Waals surface area contributed by atoms with Crippen LogP contribution in [0.5, 0.6) is 0 Å². The molecule has 2 aliphatic rings. The van der Waals surface area contributed by atoms with Crippen LogP contribution in [0.1, 0.15) is 95.3 Å². The summed E-state index contributed by atoms with van der Waals surface area (Å²) in [6.45, 7) is 4.17. The van der Waals surface area contributed by atoms with Gasteiger partial charge in [0.25, 0.3) is 11.8 Å². The maximum atomic E-state index is 14.3. The van der Waals surface area contributed by atoms with Gasteiger partial charge in [0, 0.05) is 48.9 Å². The fourth-order valence-corrected chi connectivity index (χ4v) is 7.78. The fraction of sp³-hybridized carbons (Fsp3) is 0.487. The lowest BCUT2D eigenvalue weighted by molar-refractivity contribution is -0.137. The summed E-state index contributed by atoms with van der Waals surface area (Å²) in [5.41, 5.74) is -0.511. The van der Waals surface area contributed by atoms with E-state index in [0.29, 0.717) is 43.0 Å². The van der Waals surface area contributed by atoms with Crippen molar-refractivity contribution in [2.45, 2.75) is 95.1 Å². The average Bonchev–Trinajstić information content (AvgIpc) is 3.90. The van der Waals surface area contributed by atoms with Gasteiger partial charge in [-0.3, -0.25) is 13.9 Å². The molecule has 0 bridgehead atoms. The molecule has 1 heterocycles. The lowest BCUT2D eigenvalue weighted by atomic mass is 9.90. The minimum Gasteiger partial charge on any atom is -0.390 e. The van der Waals surface area contributed by atoms with E-state index in [1.165, 1.54) is 25.2 Å². The number of sulfonamides is 1. The normalized spacial score (nSPS) is 16.6. The quantitative estimate of drug-likeness (QED) is 0.147. The maximum absolute atomic E-state index is 14.3. The molecular weight excluding hydrogens is 732 g/mol. The van der Waals surface area contributed by atoms with Gasteiger partial charge in [-0.25, -0.2) is 17.2 Å². The number of aliphatic hydroxyl groups excluding tert-OH is 1. The van der Waals surface area contributed by atoms with E-state index in [0.717, 1.165) is 60.5 Å². The summed E-state index contributed by atoms with van der Waals surface area (Å²) < 4.78 is 95.2. The minimum absolute atomic E-state index is 0.00624. The van der Waals surface area contributed by atoms with E-state index < -0.39 is 57.0 Å². The number of alkyl halides is 3. The largest absolute Gasteiger partial charge is 0.416 e. The number of halogens is 5. The number of carbonyl (C=O) groups excluding carboxylic acids is 2. The highest BCUT2D eigenvalue weighted by atomic mass is 32.2. The van der Waals surface area contributed by atoms with Gasteiger partial charge in [-0.2, -0.15) is 13.2 Å². The van der Waals surface area contributed by atoms with Crippen LogP contribution in [-0.2, 0) is 34.6 Å². The molecule has 3 aromatic carbocycles. The van der Waals surface area contributed by atoms with Gasteiger partial charge in [-0.05, 0) is 91.6 Å². The lowest BCUT2D eigenvalue weighted by Gasteiger charge is -2.37. The Kier molecular flexibility index (Phi) is 12.4. The Bertz CT molecular complexity index is 1940. The molecule has 1 saturated carbocycles. The predicted molar refractivity (Wildman–Crippen MR) is 196 cm³/mol. The van der Waals surface area contributed by atoms with E-state index in [-0.39, 0.29) is 47.3 Å². The third-order valence-corrected chi connectivity index (χ3v) is 11.6. The maximum Gasteiger partial charge on any atom is 0.416 e. The van der Waals surface area contributed by atoms with Gasteiger partial charge in [0.2, 0.25) is 10.0 Å². The molecule has 54 heavy (non-hydrogen) atoms. The van der Waals surface area contributed by atoms with Crippen molar-refractivity contribution in [2.24, 2.45) is 0 Å². The SMILES string of the molecule is CCCC(CCC)N1CCc2c(C(=O)N[C@@H](Cc3cc(F)cc(F)c3)[C@@H](O)CNC3(c4cccc(C(F)(F)F)c4)CC3)cc(N(C)S(C)(=O)=O)cc2C1=O. The van der Waals surface area contributed by atoms with Crippen LogP contribution in [0.15, 0.2) is 54.6 Å². The zero-order chi connectivity index (χ0) is 39.6. The van der Waals surface area contributed by atoms with Crippen molar-refractivity contribution in [2.75, 3.05) is 30.7 Å². The molecule has 1 fully saturated rings. The third kappa shape index (κ3) is 9.40. The summed E-state index contributed by atoms with van der Waals surface area (Å²) in [7, 11) is -2.53. The second-order valence-electron chi connectivity index (χ2n) is 14.4. The third-order valence-electron chi connectivity index (χ3n) is 10.4. The highest BCUT2D eigenvalue weighted by Gasteiger charge is 2.45. The molecule has 294 valence electrons. The Morgan fingerprint density at radius 3 is 2.24 bits per heavy atom. The standard InChI is InChI=1S/C39H47F5N4O5S/c1-5-8-29(9-6-2)48-15-12-31-32(21-30(22-33(31)37(48)51)47(3)54(4,52)53)36(50)46-34(18-24-16-27(40)20-28(41)17-24)35(49)23-45-38(13-14-38)25-10-7-11-26(19-25)39(42,43)44/h7,10-11,16-17,19-22,29,34-35,45,49H,5-6,8-9,12-15,18,23H2,1-4H3,(H,46,50)/t34-,35-/m0/s1. The second kappa shape index (κ2) is 16.3. The molecule has 1 aliphatic carbocycles. The van der Waals surface area contributed by atoms with Crippen molar-refractivity contribution < 1.29 is 45.1 Å². The van der Waals surface area contributed by atoms with Crippen LogP contribution in [0.3, 0.4) is 0 Å². The van der Waals surface area contributed by atoms with E-state index in [9.17, 15) is 45.1 Å². The Morgan fingerprint density at radius 2 is 1.67 bits per heavy atom. The molecule has 2 amide bonds. The van der Waals surface area contributed by atoms with Crippen LogP contribution in [0.25, 0.3) is 0 Å². The summed E-state index contributed by atoms with van der Waals surface area (Å²) in [5, 5.41) is 17.5. The monoisotopic (exact) mass is 778 g/mol. The van der Waals surface area contributed by atoms with E-state index in [1.807, 2.05) is 13.8 Å². The predicted octanol–water partition coefficient (Wildman–Crippen LogP) is 6.33. The Balaban J connectivity index is 1.48. The van der Waals surface area contributed by atoms with Crippen molar-refractivity contribution in [1.82, 2.24) is 15.5 Å². The molecule has 9 nitrogen and oxygen atoms in total. The van der Waals surface area contributed by atoms with Gasteiger partial charge in [-0.1, -0.05) is 38.8 Å². The summed E-state index contributed by atoms with van der Waals surface area (Å²) in [4.78, 5) is 30.1. The molecule has 2 atom stereocenters. The minimum atomic E-state index is -4.55. The van der Waals surface area contributed by atoms with Crippen LogP contribution in [0, 0.1) is 11.6 Å². The molecule has 0 spiro atoms. The smallest absolute Gasteiger partial charge is 0.390 e. The zero-order valence-corrected chi connectivity index (χ0v) is 31.6. The first kappa shape index (κ1) is 41.1. The van der Waals surface area contributed by atoms with Crippen LogP contribution >= 0.6 is 0 Å². The topological polar surface area (TPSA) is 119 Å². The van der Waals surface area contributed by atoms with Crippen LogP contribution in [0.4, 0.5) is 27.6 Å². The number of fused-ring (bicyclic) bond motifs is 1. The number of rotatable bonds is 16. The molecule has 3 aromatic rings. The van der Waals surface area contributed by atoms with Crippen LogP contribution in [0.2, 0.25) is 0 Å². The van der Waals surface area contributed by atoms with Gasteiger partial charge in [0.15, 0.2) is 0 Å². The van der Waals surface area contributed by atoms with Crippen molar-refractivity contribution in [3.63, 3.8) is 0 Å². The van der Waals surface area contributed by atoms with Gasteiger partial charge in [0.1, 0.15) is 11.6 Å². The average molecular weight is 779 g/mol. The second-order valence-corrected chi connectivity index (χ2v) is 16.4. The first-order chi connectivity index (χ1) is 25.4. The highest BCUT2D eigenvalue weighted by molar-refractivity contribution is 7.92. The molecule has 1 aliphatic heterocycles. The van der Waals surface area contributed by atoms with E-state index in [2.05, 4.69) is 10.6 Å². The number of carbonyl (C=O) groups is 2. The molecule has 0 aromatic heterocycles. The summed E-state index contributed by atoms with van der Waals surface area (Å²) in [6, 6.07) is 9.31. The number of nitrogens with zero attached hydrogens (tertiary/aromatic N) is 2. The summed E-state index contributed by atoms with van der Waals surface area (Å²) in [5.74, 6) is -2.83. The number of hydrogen-bond donors (Lipinski definition) is 3. The number of nitrogens with one attached hydrogen (secondary N) is 2. The van der Waals surface area contributed by atoms with Crippen molar-refractivity contribution in [3.8, 4) is 0 Å². The zero-order valence-electron chi connectivity index (χ0n) is 30.8. The first-order valence-electron chi connectivity index (χ1n) is 18.1. The highest BCUT2D eigenvalue weighted by Crippen LogP contribution is 2.46. The summed E-state index contributed by atoms with van der Waals surface area (Å²) in [6.07, 6.45) is -0.712. The molecular formula is C39H47F5N4O5S. The van der Waals surface area contributed by atoms with Crippen molar-refractivity contribution >= 4 is 27.5 Å². The van der Waals surface area contributed by atoms with Gasteiger partial charge in [-0.15, -0.1) is 0 Å². The lowest BCUT2D eigenvalue weighted by Crippen LogP contribution is -2.50. The van der Waals surface area contributed by atoms with E-state index in [1.54, 1.807) is 11.0 Å². The van der Waals surface area contributed by atoms with Crippen molar-refractivity contribution in [1.29, 1.82) is 0 Å². The van der Waals surface area contributed by atoms with Crippen LogP contribution in [-0.4, -0.2) is 74.8 Å². The molecule has 15 heteroatoms. The Labute approximate surface area is 313 Å². The Morgan fingerprint density at radius 1 is 1.02 bits per heavy atom. The number of benzene rings is 3. The molecule has 5 rings (SSSR count). The Hall–Kier alpha value is -4.08. The van der Waals surface area contributed by atoms with Gasteiger partial charge in [0.05, 0.1) is 29.7 Å². The molecule has 0 radical (unpaired) electrons. The van der Waals surface area contributed by atoms with E-state index in [4.69, 9.17) is 0 Å². The fourth-order valence-electron chi connectivity index (χ4n) is 7.29. The molecule has 3 N–H and O–H groups in total. The molecule has 0 saturated heterocycles. The molecule has 0 unspecified atom stereocenters. The first-order valence-corrected chi connectivity index (χ1v) is 20.0. The van der Waals surface area contributed by atoms with Crippen LogP contribution < -0.4 is 14.9 Å². The number of anilines is 1. The number of hydrogen-bond acceptors (Lipinski definition) is 6. The van der Waals surface area contributed by atoms with Crippen molar-refractivity contribution in [3.05, 3.63) is 99.6 Å². The number of amides is 2. The van der Waals surface area contributed by atoms with E-state index >= 15 is 0 Å². The van der Waals surface area contributed by atoms with Gasteiger partial charge < -0.3 is 20.6 Å². The summed E-state index contributed by atoms with van der Waals surface area (Å²) >= 11 is 0.